The number of anilines is 1. The van der Waals surface area contributed by atoms with Crippen LogP contribution in [0.2, 0.25) is 10.0 Å². The number of carbonyl (C=O) groups is 2. The molecule has 4 rings (SSSR count). The molecule has 2 aliphatic carbocycles. The highest BCUT2D eigenvalue weighted by atomic mass is 35.5. The van der Waals surface area contributed by atoms with E-state index in [9.17, 15) is 9.59 Å². The van der Waals surface area contributed by atoms with Crippen LogP contribution >= 0.6 is 23.2 Å². The minimum absolute atomic E-state index is 0.102. The van der Waals surface area contributed by atoms with Crippen molar-refractivity contribution >= 4 is 40.7 Å². The van der Waals surface area contributed by atoms with Gasteiger partial charge >= 0.3 is 0 Å². The first-order chi connectivity index (χ1) is 9.58. The van der Waals surface area contributed by atoms with E-state index in [1.807, 2.05) is 0 Å². The van der Waals surface area contributed by atoms with Gasteiger partial charge in [0.25, 0.3) is 0 Å². The van der Waals surface area contributed by atoms with Crippen LogP contribution in [-0.4, -0.2) is 11.8 Å². The van der Waals surface area contributed by atoms with Gasteiger partial charge in [-0.25, -0.2) is 4.90 Å². The van der Waals surface area contributed by atoms with Crippen molar-refractivity contribution in [3.8, 4) is 0 Å². The molecular weight excluding hydrogens is 297 g/mol. The summed E-state index contributed by atoms with van der Waals surface area (Å²) in [5.74, 6) is -0.146. The molecule has 1 saturated heterocycles. The number of fused-ring (bicyclic) bond motifs is 5. The molecule has 4 atom stereocenters. The molecule has 1 saturated carbocycles. The van der Waals surface area contributed by atoms with E-state index in [0.717, 1.165) is 6.42 Å². The van der Waals surface area contributed by atoms with Gasteiger partial charge in [0.05, 0.1) is 27.6 Å². The van der Waals surface area contributed by atoms with Gasteiger partial charge in [0.15, 0.2) is 0 Å². The van der Waals surface area contributed by atoms with Crippen molar-refractivity contribution in [2.45, 2.75) is 6.42 Å². The van der Waals surface area contributed by atoms with E-state index in [1.165, 1.54) is 4.90 Å². The molecule has 3 aliphatic rings. The molecule has 1 aromatic rings. The summed E-state index contributed by atoms with van der Waals surface area (Å²) in [7, 11) is 0. The molecular formula is C15H11Cl2NO2. The molecule has 0 spiro atoms. The number of halogens is 2. The monoisotopic (exact) mass is 307 g/mol. The van der Waals surface area contributed by atoms with E-state index in [-0.39, 0.29) is 35.5 Å². The second kappa shape index (κ2) is 4.09. The maximum absolute atomic E-state index is 12.6. The number of amides is 2. The van der Waals surface area contributed by atoms with E-state index in [4.69, 9.17) is 23.2 Å². The Kier molecular flexibility index (Phi) is 2.54. The van der Waals surface area contributed by atoms with Crippen molar-refractivity contribution in [3.63, 3.8) is 0 Å². The highest BCUT2D eigenvalue weighted by Crippen LogP contribution is 2.53. The van der Waals surface area contributed by atoms with Crippen molar-refractivity contribution in [1.82, 2.24) is 0 Å². The summed E-state index contributed by atoms with van der Waals surface area (Å²) in [5.41, 5.74) is 0.517. The Bertz CT molecular complexity index is 640. The van der Waals surface area contributed by atoms with Gasteiger partial charge in [-0.2, -0.15) is 0 Å². The summed E-state index contributed by atoms with van der Waals surface area (Å²) in [6.07, 6.45) is 5.09. The molecule has 1 heterocycles. The van der Waals surface area contributed by atoms with Crippen LogP contribution in [0.4, 0.5) is 5.69 Å². The third-order valence-corrected chi connectivity index (χ3v) is 5.37. The SMILES string of the molecule is O=C1[C@@H]2[C@H](C(=O)N1c1ccc(Cl)c(Cl)c1)[C@@H]1C=C[C@H]2C1. The maximum Gasteiger partial charge on any atom is 0.238 e. The zero-order chi connectivity index (χ0) is 14.0. The van der Waals surface area contributed by atoms with Crippen LogP contribution in [0.5, 0.6) is 0 Å². The molecule has 20 heavy (non-hydrogen) atoms. The van der Waals surface area contributed by atoms with Gasteiger partial charge in [-0.05, 0) is 36.5 Å². The van der Waals surface area contributed by atoms with Crippen LogP contribution in [0.3, 0.4) is 0 Å². The summed E-state index contributed by atoms with van der Waals surface area (Å²) < 4.78 is 0. The third kappa shape index (κ3) is 1.48. The number of carbonyl (C=O) groups excluding carboxylic acids is 2. The number of imide groups is 1. The molecule has 3 nitrogen and oxygen atoms in total. The van der Waals surface area contributed by atoms with Crippen molar-refractivity contribution in [1.29, 1.82) is 0 Å². The second-order valence-corrected chi connectivity index (χ2v) is 6.42. The lowest BCUT2D eigenvalue weighted by atomic mass is 9.85. The lowest BCUT2D eigenvalue weighted by Gasteiger charge is -2.17. The maximum atomic E-state index is 12.6. The summed E-state index contributed by atoms with van der Waals surface area (Å²) in [6.45, 7) is 0. The Morgan fingerprint density at radius 1 is 0.950 bits per heavy atom. The quantitative estimate of drug-likeness (QED) is 0.589. The minimum Gasteiger partial charge on any atom is -0.274 e. The summed E-state index contributed by atoms with van der Waals surface area (Å²) in [5, 5.41) is 0.763. The Hall–Kier alpha value is -1.32. The fraction of sp³-hybridized carbons (Fsp3) is 0.333. The molecule has 102 valence electrons. The lowest BCUT2D eigenvalue weighted by molar-refractivity contribution is -0.123. The first-order valence-corrected chi connectivity index (χ1v) is 7.34. The van der Waals surface area contributed by atoms with Crippen LogP contribution in [0.15, 0.2) is 30.4 Å². The summed E-state index contributed by atoms with van der Waals surface area (Å²) >= 11 is 11.9. The van der Waals surface area contributed by atoms with Crippen LogP contribution in [-0.2, 0) is 9.59 Å². The largest absolute Gasteiger partial charge is 0.274 e. The van der Waals surface area contributed by atoms with E-state index < -0.39 is 0 Å². The van der Waals surface area contributed by atoms with Gasteiger partial charge in [-0.15, -0.1) is 0 Å². The fourth-order valence-electron chi connectivity index (χ4n) is 3.78. The van der Waals surface area contributed by atoms with Gasteiger partial charge in [0.2, 0.25) is 11.8 Å². The number of hydrogen-bond acceptors (Lipinski definition) is 2. The van der Waals surface area contributed by atoms with Crippen molar-refractivity contribution in [2.75, 3.05) is 4.90 Å². The number of rotatable bonds is 1. The minimum atomic E-state index is -0.188. The van der Waals surface area contributed by atoms with Gasteiger partial charge < -0.3 is 0 Å². The highest BCUT2D eigenvalue weighted by Gasteiger charge is 2.59. The molecule has 5 heteroatoms. The van der Waals surface area contributed by atoms with E-state index >= 15 is 0 Å². The Balaban J connectivity index is 1.76. The predicted octanol–water partition coefficient (Wildman–Crippen LogP) is 3.30. The zero-order valence-electron chi connectivity index (χ0n) is 10.4. The highest BCUT2D eigenvalue weighted by molar-refractivity contribution is 6.42. The van der Waals surface area contributed by atoms with Gasteiger partial charge in [0.1, 0.15) is 0 Å². The predicted molar refractivity (Wildman–Crippen MR) is 76.7 cm³/mol. The van der Waals surface area contributed by atoms with E-state index in [2.05, 4.69) is 12.2 Å². The number of benzene rings is 1. The van der Waals surface area contributed by atoms with Crippen molar-refractivity contribution in [3.05, 3.63) is 40.4 Å². The van der Waals surface area contributed by atoms with Crippen LogP contribution in [0.1, 0.15) is 6.42 Å². The first-order valence-electron chi connectivity index (χ1n) is 6.59. The number of hydrogen-bond donors (Lipinski definition) is 0. The molecule has 2 fully saturated rings. The third-order valence-electron chi connectivity index (χ3n) is 4.63. The molecule has 0 aromatic heterocycles. The number of nitrogens with zero attached hydrogens (tertiary/aromatic N) is 1. The second-order valence-electron chi connectivity index (χ2n) is 5.61. The topological polar surface area (TPSA) is 37.4 Å². The van der Waals surface area contributed by atoms with Gasteiger partial charge in [-0.3, -0.25) is 9.59 Å². The molecule has 1 aromatic carbocycles. The average molecular weight is 308 g/mol. The standard InChI is InChI=1S/C15H11Cl2NO2/c16-10-4-3-9(6-11(10)17)18-14(19)12-7-1-2-8(5-7)13(12)15(18)20/h1-4,6-8,12-13H,5H2/t7-,8+,12-,13+. The van der Waals surface area contributed by atoms with Crippen LogP contribution < -0.4 is 4.90 Å². The first kappa shape index (κ1) is 12.4. The van der Waals surface area contributed by atoms with Crippen molar-refractivity contribution < 1.29 is 9.59 Å². The smallest absolute Gasteiger partial charge is 0.238 e. The van der Waals surface area contributed by atoms with Gasteiger partial charge in [0, 0.05) is 0 Å². The van der Waals surface area contributed by atoms with Gasteiger partial charge in [-0.1, -0.05) is 35.4 Å². The normalized spacial score (nSPS) is 34.2. The zero-order valence-corrected chi connectivity index (χ0v) is 11.9. The molecule has 0 radical (unpaired) electrons. The average Bonchev–Trinajstić information content (AvgIpc) is 3.08. The molecule has 2 bridgehead atoms. The molecule has 0 N–H and O–H groups in total. The summed E-state index contributed by atoms with van der Waals surface area (Å²) in [6, 6.07) is 4.86. The van der Waals surface area contributed by atoms with E-state index in [1.54, 1.807) is 18.2 Å². The Morgan fingerprint density at radius 2 is 1.55 bits per heavy atom. The fourth-order valence-corrected chi connectivity index (χ4v) is 4.07. The van der Waals surface area contributed by atoms with Crippen LogP contribution in [0.25, 0.3) is 0 Å². The Labute approximate surface area is 126 Å². The Morgan fingerprint density at radius 3 is 2.10 bits per heavy atom. The van der Waals surface area contributed by atoms with Crippen LogP contribution in [0, 0.1) is 23.7 Å². The number of allylic oxidation sites excluding steroid dienone is 2. The molecule has 0 unspecified atom stereocenters. The molecule has 1 aliphatic heterocycles. The lowest BCUT2D eigenvalue weighted by Crippen LogP contribution is -2.32. The van der Waals surface area contributed by atoms with E-state index in [0.29, 0.717) is 15.7 Å². The molecule has 2 amide bonds. The van der Waals surface area contributed by atoms with Crippen molar-refractivity contribution in [2.24, 2.45) is 23.7 Å². The summed E-state index contributed by atoms with van der Waals surface area (Å²) in [4.78, 5) is 26.4.